The summed E-state index contributed by atoms with van der Waals surface area (Å²) in [6.45, 7) is 1.57. The first kappa shape index (κ1) is 14.1. The summed E-state index contributed by atoms with van der Waals surface area (Å²) in [6.07, 6.45) is -2.73. The van der Waals surface area contributed by atoms with Crippen molar-refractivity contribution in [3.8, 4) is 5.75 Å². The molecule has 98 valence electrons. The van der Waals surface area contributed by atoms with Crippen molar-refractivity contribution in [3.63, 3.8) is 0 Å². The lowest BCUT2D eigenvalue weighted by Crippen LogP contribution is -2.18. The van der Waals surface area contributed by atoms with Crippen LogP contribution in [0.1, 0.15) is 29.3 Å². The molecule has 0 saturated heterocycles. The molecule has 18 heavy (non-hydrogen) atoms. The van der Waals surface area contributed by atoms with Gasteiger partial charge in [-0.25, -0.2) is 13.6 Å². The average Bonchev–Trinajstić information content (AvgIpc) is 2.37. The number of halogens is 2. The number of hydrogen-bond acceptors (Lipinski definition) is 4. The number of Topliss-reactive ketones (excluding diaryl/α,β-unsaturated/α-hetero) is 1. The van der Waals surface area contributed by atoms with Gasteiger partial charge in [0.25, 0.3) is 12.2 Å². The number of hydrogen-bond donors (Lipinski definition) is 0. The van der Waals surface area contributed by atoms with Gasteiger partial charge in [-0.1, -0.05) is 0 Å². The highest BCUT2D eigenvalue weighted by Crippen LogP contribution is 2.26. The molecule has 0 aliphatic carbocycles. The van der Waals surface area contributed by atoms with Crippen molar-refractivity contribution in [2.75, 3.05) is 13.7 Å². The Morgan fingerprint density at radius 1 is 1.33 bits per heavy atom. The van der Waals surface area contributed by atoms with Crippen LogP contribution in [0, 0.1) is 0 Å². The number of esters is 1. The lowest BCUT2D eigenvalue weighted by Gasteiger charge is -2.09. The predicted octanol–water partition coefficient (Wildman–Crippen LogP) is 2.38. The number of rotatable bonds is 5. The molecule has 0 aromatic heterocycles. The summed E-state index contributed by atoms with van der Waals surface area (Å²) in [6, 6.07) is 3.28. The number of ether oxygens (including phenoxy) is 2. The van der Waals surface area contributed by atoms with E-state index >= 15 is 0 Å². The summed E-state index contributed by atoms with van der Waals surface area (Å²) in [5, 5.41) is 0. The predicted molar refractivity (Wildman–Crippen MR) is 58.9 cm³/mol. The van der Waals surface area contributed by atoms with Crippen LogP contribution in [-0.2, 0) is 9.53 Å². The van der Waals surface area contributed by atoms with Crippen molar-refractivity contribution in [1.29, 1.82) is 0 Å². The van der Waals surface area contributed by atoms with E-state index in [0.29, 0.717) is 0 Å². The zero-order chi connectivity index (χ0) is 13.7. The van der Waals surface area contributed by atoms with Gasteiger partial charge in [-0.3, -0.25) is 4.79 Å². The first-order chi connectivity index (χ1) is 8.51. The Morgan fingerprint density at radius 3 is 2.50 bits per heavy atom. The molecule has 0 radical (unpaired) electrons. The fourth-order valence-electron chi connectivity index (χ4n) is 1.35. The second kappa shape index (κ2) is 6.09. The van der Waals surface area contributed by atoms with Crippen LogP contribution in [0.15, 0.2) is 18.2 Å². The van der Waals surface area contributed by atoms with Crippen molar-refractivity contribution in [2.45, 2.75) is 13.3 Å². The smallest absolute Gasteiger partial charge is 0.379 e. The van der Waals surface area contributed by atoms with Crippen LogP contribution in [0.4, 0.5) is 8.78 Å². The molecule has 1 rings (SSSR count). The minimum atomic E-state index is -2.73. The zero-order valence-electron chi connectivity index (χ0n) is 9.91. The summed E-state index contributed by atoms with van der Waals surface area (Å²) in [5.41, 5.74) is -0.586. The maximum Gasteiger partial charge on any atom is 0.379 e. The number of carbonyl (C=O) groups is 2. The SMILES string of the molecule is CCOC(=O)C(=O)c1cc(C(F)F)ccc1OC. The molecule has 1 aromatic carbocycles. The van der Waals surface area contributed by atoms with Crippen LogP contribution in [0.5, 0.6) is 5.75 Å². The highest BCUT2D eigenvalue weighted by molar-refractivity contribution is 6.41. The molecular weight excluding hydrogens is 246 g/mol. The van der Waals surface area contributed by atoms with E-state index in [1.54, 1.807) is 0 Å². The van der Waals surface area contributed by atoms with Gasteiger partial charge in [0, 0.05) is 5.56 Å². The summed E-state index contributed by atoms with van der Waals surface area (Å²) in [4.78, 5) is 23.0. The minimum Gasteiger partial charge on any atom is -0.496 e. The molecule has 0 unspecified atom stereocenters. The molecule has 0 N–H and O–H groups in total. The van der Waals surface area contributed by atoms with Gasteiger partial charge in [-0.2, -0.15) is 0 Å². The molecule has 0 aliphatic rings. The van der Waals surface area contributed by atoms with E-state index in [4.69, 9.17) is 4.74 Å². The third kappa shape index (κ3) is 3.03. The molecule has 0 bridgehead atoms. The Labute approximate surface area is 103 Å². The van der Waals surface area contributed by atoms with E-state index in [9.17, 15) is 18.4 Å². The lowest BCUT2D eigenvalue weighted by atomic mass is 10.1. The van der Waals surface area contributed by atoms with Crippen molar-refractivity contribution in [1.82, 2.24) is 0 Å². The molecule has 0 fully saturated rings. The quantitative estimate of drug-likeness (QED) is 0.462. The first-order valence-electron chi connectivity index (χ1n) is 5.18. The number of benzene rings is 1. The van der Waals surface area contributed by atoms with Crippen molar-refractivity contribution < 1.29 is 27.8 Å². The van der Waals surface area contributed by atoms with Crippen LogP contribution in [0.25, 0.3) is 0 Å². The maximum atomic E-state index is 12.5. The summed E-state index contributed by atoms with van der Waals surface area (Å²) in [7, 11) is 1.28. The van der Waals surface area contributed by atoms with Crippen LogP contribution >= 0.6 is 0 Å². The molecule has 6 heteroatoms. The van der Waals surface area contributed by atoms with Crippen molar-refractivity contribution >= 4 is 11.8 Å². The van der Waals surface area contributed by atoms with E-state index in [1.165, 1.54) is 20.1 Å². The summed E-state index contributed by atoms with van der Waals surface area (Å²) in [5.74, 6) is -2.05. The van der Waals surface area contributed by atoms with Gasteiger partial charge in [0.1, 0.15) is 5.75 Å². The normalized spacial score (nSPS) is 10.3. The van der Waals surface area contributed by atoms with Crippen molar-refractivity contribution in [3.05, 3.63) is 29.3 Å². The average molecular weight is 258 g/mol. The van der Waals surface area contributed by atoms with Crippen LogP contribution < -0.4 is 4.74 Å². The first-order valence-corrected chi connectivity index (χ1v) is 5.18. The molecule has 0 amide bonds. The lowest BCUT2D eigenvalue weighted by molar-refractivity contribution is -0.137. The monoisotopic (exact) mass is 258 g/mol. The molecule has 4 nitrogen and oxygen atoms in total. The maximum absolute atomic E-state index is 12.5. The summed E-state index contributed by atoms with van der Waals surface area (Å²) < 4.78 is 34.4. The number of alkyl halides is 2. The third-order valence-electron chi connectivity index (χ3n) is 2.18. The fourth-order valence-corrected chi connectivity index (χ4v) is 1.35. The Balaban J connectivity index is 3.15. The second-order valence-corrected chi connectivity index (χ2v) is 3.31. The van der Waals surface area contributed by atoms with E-state index in [1.807, 2.05) is 0 Å². The molecule has 0 saturated carbocycles. The van der Waals surface area contributed by atoms with Gasteiger partial charge in [0.2, 0.25) is 0 Å². The number of ketones is 1. The van der Waals surface area contributed by atoms with Gasteiger partial charge in [-0.05, 0) is 25.1 Å². The Bertz CT molecular complexity index is 457. The molecule has 0 spiro atoms. The highest BCUT2D eigenvalue weighted by Gasteiger charge is 2.23. The van der Waals surface area contributed by atoms with Gasteiger partial charge >= 0.3 is 5.97 Å². The van der Waals surface area contributed by atoms with Crippen molar-refractivity contribution in [2.24, 2.45) is 0 Å². The van der Waals surface area contributed by atoms with Gasteiger partial charge in [0.05, 0.1) is 19.3 Å². The van der Waals surface area contributed by atoms with Gasteiger partial charge < -0.3 is 9.47 Å². The van der Waals surface area contributed by atoms with Gasteiger partial charge in [0.15, 0.2) is 0 Å². The van der Waals surface area contributed by atoms with E-state index in [2.05, 4.69) is 4.74 Å². The highest BCUT2D eigenvalue weighted by atomic mass is 19.3. The van der Waals surface area contributed by atoms with Gasteiger partial charge in [-0.15, -0.1) is 0 Å². The molecule has 1 aromatic rings. The minimum absolute atomic E-state index is 0.0292. The van der Waals surface area contributed by atoms with E-state index in [-0.39, 0.29) is 23.5 Å². The Morgan fingerprint density at radius 2 is 2.00 bits per heavy atom. The largest absolute Gasteiger partial charge is 0.496 e. The molecule has 0 atom stereocenters. The number of carbonyl (C=O) groups excluding carboxylic acids is 2. The Kier molecular flexibility index (Phi) is 4.76. The second-order valence-electron chi connectivity index (χ2n) is 3.31. The Hall–Kier alpha value is -1.98. The number of methoxy groups -OCH3 is 1. The molecule has 0 heterocycles. The van der Waals surface area contributed by atoms with E-state index in [0.717, 1.165) is 12.1 Å². The zero-order valence-corrected chi connectivity index (χ0v) is 9.91. The topological polar surface area (TPSA) is 52.6 Å². The summed E-state index contributed by atoms with van der Waals surface area (Å²) >= 11 is 0. The van der Waals surface area contributed by atoms with E-state index < -0.39 is 18.2 Å². The molecular formula is C12H12F2O4. The van der Waals surface area contributed by atoms with Crippen LogP contribution in [-0.4, -0.2) is 25.5 Å². The van der Waals surface area contributed by atoms with Crippen LogP contribution in [0.3, 0.4) is 0 Å². The van der Waals surface area contributed by atoms with Crippen LogP contribution in [0.2, 0.25) is 0 Å². The standard InChI is InChI=1S/C12H12F2O4/c1-3-18-12(16)10(15)8-6-7(11(13)14)4-5-9(8)17-2/h4-6,11H,3H2,1-2H3. The third-order valence-corrected chi connectivity index (χ3v) is 2.18. The molecule has 0 aliphatic heterocycles. The fraction of sp³-hybridized carbons (Fsp3) is 0.333.